The molecule has 21 heavy (non-hydrogen) atoms. The number of nitro benzene ring substituents is 1. The lowest BCUT2D eigenvalue weighted by Gasteiger charge is -2.36. The normalized spacial score (nSPS) is 22.7. The van der Waals surface area contributed by atoms with E-state index < -0.39 is 4.92 Å². The maximum atomic E-state index is 10.8. The molecule has 7 heteroatoms. The summed E-state index contributed by atoms with van der Waals surface area (Å²) in [4.78, 5) is 16.9. The number of anilines is 1. The van der Waals surface area contributed by atoms with Crippen molar-refractivity contribution in [2.24, 2.45) is 11.7 Å². The van der Waals surface area contributed by atoms with Crippen LogP contribution in [0.5, 0.6) is 0 Å². The summed E-state index contributed by atoms with van der Waals surface area (Å²) in [6.45, 7) is 3.59. The van der Waals surface area contributed by atoms with Crippen LogP contribution < -0.4 is 10.6 Å². The first-order valence-corrected chi connectivity index (χ1v) is 7.10. The molecule has 1 aliphatic rings. The summed E-state index contributed by atoms with van der Waals surface area (Å²) in [6.07, 6.45) is 2.15. The number of hydrogen-bond acceptors (Lipinski definition) is 6. The summed E-state index contributed by atoms with van der Waals surface area (Å²) in [5.41, 5.74) is 6.87. The molecule has 0 amide bonds. The number of nitro groups is 1. The average Bonchev–Trinajstić information content (AvgIpc) is 2.90. The molecule has 0 bridgehead atoms. The number of rotatable bonds is 3. The number of nitrogens with zero attached hydrogens (tertiary/aromatic N) is 3. The number of piperidine rings is 1. The lowest BCUT2D eigenvalue weighted by atomic mass is 9.94. The molecule has 2 unspecified atom stereocenters. The van der Waals surface area contributed by atoms with Crippen molar-refractivity contribution in [2.75, 3.05) is 18.0 Å². The van der Waals surface area contributed by atoms with E-state index in [9.17, 15) is 10.1 Å². The number of hydrogen-bond donors (Lipinski definition) is 1. The van der Waals surface area contributed by atoms with E-state index in [-0.39, 0.29) is 5.69 Å². The molecule has 2 atom stereocenters. The van der Waals surface area contributed by atoms with Gasteiger partial charge in [0.1, 0.15) is 5.52 Å². The highest BCUT2D eigenvalue weighted by Gasteiger charge is 2.28. The summed E-state index contributed by atoms with van der Waals surface area (Å²) in [6, 6.07) is 5.32. The minimum absolute atomic E-state index is 0.0221. The summed E-state index contributed by atoms with van der Waals surface area (Å²) < 4.78 is 5.76. The molecule has 2 aromatic rings. The maximum Gasteiger partial charge on any atom is 0.298 e. The molecule has 0 spiro atoms. The highest BCUT2D eigenvalue weighted by molar-refractivity contribution is 5.77. The Balaban J connectivity index is 1.94. The molecule has 0 radical (unpaired) electrons. The average molecular weight is 290 g/mol. The first kappa shape index (κ1) is 13.8. The molecule has 1 aromatic carbocycles. The summed E-state index contributed by atoms with van der Waals surface area (Å²) in [5.74, 6) is 0.436. The minimum atomic E-state index is -0.429. The van der Waals surface area contributed by atoms with E-state index in [0.29, 0.717) is 35.6 Å². The third kappa shape index (κ3) is 2.56. The van der Waals surface area contributed by atoms with Crippen molar-refractivity contribution in [1.29, 1.82) is 0 Å². The lowest BCUT2D eigenvalue weighted by Crippen LogP contribution is -2.44. The molecule has 3 rings (SSSR count). The van der Waals surface area contributed by atoms with Crippen LogP contribution in [0.25, 0.3) is 11.1 Å². The number of non-ortho nitro benzene ring substituents is 1. The third-order valence-electron chi connectivity index (χ3n) is 4.13. The zero-order valence-electron chi connectivity index (χ0n) is 11.9. The first-order valence-electron chi connectivity index (χ1n) is 7.10. The topological polar surface area (TPSA) is 98.4 Å². The Kier molecular flexibility index (Phi) is 3.50. The first-order chi connectivity index (χ1) is 10.1. The van der Waals surface area contributed by atoms with E-state index in [1.165, 1.54) is 12.1 Å². The van der Waals surface area contributed by atoms with Gasteiger partial charge in [-0.05, 0) is 38.3 Å². The van der Waals surface area contributed by atoms with Gasteiger partial charge in [0.15, 0.2) is 5.58 Å². The predicted octanol–water partition coefficient (Wildman–Crippen LogP) is 2.30. The Hall–Kier alpha value is -2.15. The zero-order chi connectivity index (χ0) is 15.0. The predicted molar refractivity (Wildman–Crippen MR) is 79.2 cm³/mol. The van der Waals surface area contributed by atoms with Gasteiger partial charge < -0.3 is 15.1 Å². The largest absolute Gasteiger partial charge is 0.423 e. The Morgan fingerprint density at radius 3 is 3.05 bits per heavy atom. The lowest BCUT2D eigenvalue weighted by molar-refractivity contribution is -0.384. The van der Waals surface area contributed by atoms with Crippen molar-refractivity contribution >= 4 is 22.8 Å². The van der Waals surface area contributed by atoms with Crippen LogP contribution in [0.15, 0.2) is 22.6 Å². The summed E-state index contributed by atoms with van der Waals surface area (Å²) in [7, 11) is 0. The quantitative estimate of drug-likeness (QED) is 0.688. The van der Waals surface area contributed by atoms with Gasteiger partial charge in [-0.15, -0.1) is 0 Å². The van der Waals surface area contributed by atoms with E-state index >= 15 is 0 Å². The van der Waals surface area contributed by atoms with Crippen molar-refractivity contribution in [2.45, 2.75) is 25.8 Å². The van der Waals surface area contributed by atoms with Gasteiger partial charge in [0.05, 0.1) is 4.92 Å². The monoisotopic (exact) mass is 290 g/mol. The van der Waals surface area contributed by atoms with E-state index in [1.54, 1.807) is 6.07 Å². The fraction of sp³-hybridized carbons (Fsp3) is 0.500. The van der Waals surface area contributed by atoms with Crippen molar-refractivity contribution in [3.63, 3.8) is 0 Å². The van der Waals surface area contributed by atoms with Crippen molar-refractivity contribution in [3.05, 3.63) is 28.3 Å². The highest BCUT2D eigenvalue weighted by Crippen LogP contribution is 2.30. The molecule has 2 N–H and O–H groups in total. The fourth-order valence-electron chi connectivity index (χ4n) is 2.78. The van der Waals surface area contributed by atoms with Crippen LogP contribution in [0, 0.1) is 16.0 Å². The van der Waals surface area contributed by atoms with Crippen LogP contribution in [-0.4, -0.2) is 29.0 Å². The van der Waals surface area contributed by atoms with Gasteiger partial charge in [-0.3, -0.25) is 10.1 Å². The minimum Gasteiger partial charge on any atom is -0.423 e. The Labute approximate surface area is 121 Å². The molecular formula is C14H18N4O3. The van der Waals surface area contributed by atoms with Gasteiger partial charge in [0, 0.05) is 24.7 Å². The Morgan fingerprint density at radius 2 is 2.33 bits per heavy atom. The Bertz CT molecular complexity index is 669. The van der Waals surface area contributed by atoms with Crippen LogP contribution in [0.3, 0.4) is 0 Å². The van der Waals surface area contributed by atoms with Gasteiger partial charge in [-0.25, -0.2) is 0 Å². The van der Waals surface area contributed by atoms with Gasteiger partial charge in [0.25, 0.3) is 11.7 Å². The fourth-order valence-corrected chi connectivity index (χ4v) is 2.78. The van der Waals surface area contributed by atoms with Gasteiger partial charge in [-0.2, -0.15) is 4.98 Å². The number of oxazole rings is 1. The summed E-state index contributed by atoms with van der Waals surface area (Å²) >= 11 is 0. The number of benzene rings is 1. The highest BCUT2D eigenvalue weighted by atomic mass is 16.6. The molecule has 2 heterocycles. The molecule has 1 aliphatic heterocycles. The number of aromatic nitrogens is 1. The van der Waals surface area contributed by atoms with Crippen molar-refractivity contribution < 1.29 is 9.34 Å². The van der Waals surface area contributed by atoms with Crippen molar-refractivity contribution in [1.82, 2.24) is 4.98 Å². The number of nitrogens with two attached hydrogens (primary N) is 1. The number of fused-ring (bicyclic) bond motifs is 1. The molecule has 1 aromatic heterocycles. The zero-order valence-corrected chi connectivity index (χ0v) is 11.9. The van der Waals surface area contributed by atoms with Crippen LogP contribution in [-0.2, 0) is 0 Å². The molecule has 112 valence electrons. The van der Waals surface area contributed by atoms with Crippen LogP contribution in [0.2, 0.25) is 0 Å². The third-order valence-corrected chi connectivity index (χ3v) is 4.13. The Morgan fingerprint density at radius 1 is 1.52 bits per heavy atom. The SMILES string of the molecule is CC1CCC(CN)CN1c1nc2cc([N+](=O)[O-])ccc2o1. The van der Waals surface area contributed by atoms with Gasteiger partial charge >= 0.3 is 0 Å². The molecule has 1 saturated heterocycles. The summed E-state index contributed by atoms with van der Waals surface area (Å²) in [5, 5.41) is 10.8. The van der Waals surface area contributed by atoms with E-state index in [0.717, 1.165) is 19.4 Å². The molecule has 7 nitrogen and oxygen atoms in total. The van der Waals surface area contributed by atoms with E-state index in [2.05, 4.69) is 16.8 Å². The second-order valence-electron chi connectivity index (χ2n) is 5.59. The van der Waals surface area contributed by atoms with Crippen molar-refractivity contribution in [3.8, 4) is 0 Å². The second-order valence-corrected chi connectivity index (χ2v) is 5.59. The molecule has 1 fully saturated rings. The van der Waals surface area contributed by atoms with Crippen LogP contribution in [0.4, 0.5) is 11.7 Å². The molecular weight excluding hydrogens is 272 g/mol. The van der Waals surface area contributed by atoms with E-state index in [4.69, 9.17) is 10.2 Å². The molecule has 0 aliphatic carbocycles. The van der Waals surface area contributed by atoms with Crippen LogP contribution in [0.1, 0.15) is 19.8 Å². The second kappa shape index (κ2) is 5.33. The van der Waals surface area contributed by atoms with Crippen LogP contribution >= 0.6 is 0 Å². The van der Waals surface area contributed by atoms with Gasteiger partial charge in [0.2, 0.25) is 0 Å². The maximum absolute atomic E-state index is 10.8. The smallest absolute Gasteiger partial charge is 0.298 e. The van der Waals surface area contributed by atoms with Gasteiger partial charge in [-0.1, -0.05) is 0 Å². The standard InChI is InChI=1S/C14H18N4O3/c1-9-2-3-10(7-15)8-17(9)14-16-12-6-11(18(19)20)4-5-13(12)21-14/h4-6,9-10H,2-3,7-8,15H2,1H3. The molecule has 0 saturated carbocycles. The van der Waals surface area contributed by atoms with E-state index in [1.807, 2.05) is 0 Å².